The Bertz CT molecular complexity index is 583. The smallest absolute Gasteiger partial charge is 0.122 e. The fraction of sp³-hybridized carbons (Fsp3) is 0.400. The van der Waals surface area contributed by atoms with Gasteiger partial charge in [-0.3, -0.25) is 4.68 Å². The first kappa shape index (κ1) is 14.9. The van der Waals surface area contributed by atoms with Gasteiger partial charge in [0.05, 0.1) is 11.8 Å². The Balaban J connectivity index is 1.98. The molecule has 108 valence electrons. The molecule has 0 aliphatic heterocycles. The minimum Gasteiger partial charge on any atom is -0.488 e. The Labute approximate surface area is 123 Å². The molecule has 0 fully saturated rings. The normalized spacial score (nSPS) is 14.1. The summed E-state index contributed by atoms with van der Waals surface area (Å²) in [7, 11) is 1.87. The molecule has 0 aliphatic rings. The summed E-state index contributed by atoms with van der Waals surface area (Å²) in [5.74, 6) is 0.658. The van der Waals surface area contributed by atoms with Crippen LogP contribution in [0.25, 0.3) is 0 Å². The lowest BCUT2D eigenvalue weighted by Gasteiger charge is -2.20. The van der Waals surface area contributed by atoms with Crippen molar-refractivity contribution in [2.75, 3.05) is 0 Å². The highest BCUT2D eigenvalue weighted by Crippen LogP contribution is 2.20. The number of aromatic nitrogens is 2. The first-order chi connectivity index (χ1) is 9.45. The van der Waals surface area contributed by atoms with E-state index in [2.05, 4.69) is 5.10 Å². The standard InChI is InChI=1S/C15H19ClN2O2/c1-10-7-13(18(3)17-10)9-15(19)11(2)20-14-6-4-5-12(16)8-14/h4-8,11,15,19H,9H2,1-3H3. The van der Waals surface area contributed by atoms with Gasteiger partial charge in [0.25, 0.3) is 0 Å². The molecule has 1 heterocycles. The first-order valence-corrected chi connectivity index (χ1v) is 6.93. The predicted octanol–water partition coefficient (Wildman–Crippen LogP) is 2.75. The molecule has 0 saturated heterocycles. The zero-order valence-electron chi connectivity index (χ0n) is 11.9. The quantitative estimate of drug-likeness (QED) is 0.922. The molecule has 1 N–H and O–H groups in total. The van der Waals surface area contributed by atoms with Gasteiger partial charge in [-0.25, -0.2) is 0 Å². The van der Waals surface area contributed by atoms with E-state index in [1.54, 1.807) is 16.8 Å². The molecular formula is C15H19ClN2O2. The first-order valence-electron chi connectivity index (χ1n) is 6.55. The van der Waals surface area contributed by atoms with Crippen LogP contribution < -0.4 is 4.74 Å². The molecule has 0 radical (unpaired) electrons. The lowest BCUT2D eigenvalue weighted by atomic mass is 10.1. The van der Waals surface area contributed by atoms with Crippen LogP contribution in [0.2, 0.25) is 5.02 Å². The topological polar surface area (TPSA) is 47.3 Å². The van der Waals surface area contributed by atoms with E-state index in [0.29, 0.717) is 17.2 Å². The Morgan fingerprint density at radius 1 is 1.40 bits per heavy atom. The molecule has 0 saturated carbocycles. The van der Waals surface area contributed by atoms with E-state index in [1.807, 2.05) is 39.1 Å². The van der Waals surface area contributed by atoms with Crippen LogP contribution in [0.15, 0.2) is 30.3 Å². The summed E-state index contributed by atoms with van der Waals surface area (Å²) in [6, 6.07) is 9.13. The molecule has 0 amide bonds. The van der Waals surface area contributed by atoms with E-state index in [1.165, 1.54) is 0 Å². The largest absolute Gasteiger partial charge is 0.488 e. The van der Waals surface area contributed by atoms with Crippen LogP contribution in [0.3, 0.4) is 0 Å². The minimum absolute atomic E-state index is 0.330. The van der Waals surface area contributed by atoms with Crippen LogP contribution in [0, 0.1) is 6.92 Å². The Morgan fingerprint density at radius 2 is 2.15 bits per heavy atom. The van der Waals surface area contributed by atoms with E-state index >= 15 is 0 Å². The summed E-state index contributed by atoms with van der Waals surface area (Å²) in [4.78, 5) is 0. The average molecular weight is 295 g/mol. The van der Waals surface area contributed by atoms with Gasteiger partial charge >= 0.3 is 0 Å². The summed E-state index contributed by atoms with van der Waals surface area (Å²) in [6.07, 6.45) is -0.438. The van der Waals surface area contributed by atoms with Crippen molar-refractivity contribution in [2.24, 2.45) is 7.05 Å². The van der Waals surface area contributed by atoms with Crippen molar-refractivity contribution in [1.82, 2.24) is 9.78 Å². The number of aliphatic hydroxyl groups excluding tert-OH is 1. The van der Waals surface area contributed by atoms with Crippen molar-refractivity contribution in [3.8, 4) is 5.75 Å². The van der Waals surface area contributed by atoms with Gasteiger partial charge in [0.15, 0.2) is 0 Å². The maximum Gasteiger partial charge on any atom is 0.122 e. The molecule has 1 aromatic carbocycles. The van der Waals surface area contributed by atoms with Crippen LogP contribution in [0.5, 0.6) is 5.75 Å². The van der Waals surface area contributed by atoms with Crippen LogP contribution in [-0.4, -0.2) is 27.1 Å². The third-order valence-electron chi connectivity index (χ3n) is 3.18. The van der Waals surface area contributed by atoms with Gasteiger partial charge in [-0.15, -0.1) is 0 Å². The molecule has 2 unspecified atom stereocenters. The molecule has 5 heteroatoms. The molecule has 2 rings (SSSR count). The number of halogens is 1. The highest BCUT2D eigenvalue weighted by Gasteiger charge is 2.18. The van der Waals surface area contributed by atoms with E-state index < -0.39 is 6.10 Å². The van der Waals surface area contributed by atoms with E-state index in [0.717, 1.165) is 11.4 Å². The molecular weight excluding hydrogens is 276 g/mol. The van der Waals surface area contributed by atoms with Crippen LogP contribution >= 0.6 is 11.6 Å². The van der Waals surface area contributed by atoms with Gasteiger partial charge < -0.3 is 9.84 Å². The van der Waals surface area contributed by atoms with E-state index in [4.69, 9.17) is 16.3 Å². The molecule has 0 aliphatic carbocycles. The highest BCUT2D eigenvalue weighted by molar-refractivity contribution is 6.30. The maximum absolute atomic E-state index is 10.2. The van der Waals surface area contributed by atoms with Crippen LogP contribution in [-0.2, 0) is 13.5 Å². The molecule has 4 nitrogen and oxygen atoms in total. The Kier molecular flexibility index (Phi) is 4.68. The van der Waals surface area contributed by atoms with Gasteiger partial charge in [0, 0.05) is 24.2 Å². The van der Waals surface area contributed by atoms with E-state index in [9.17, 15) is 5.11 Å². The monoisotopic (exact) mass is 294 g/mol. The summed E-state index contributed by atoms with van der Waals surface area (Å²) < 4.78 is 7.49. The number of benzene rings is 1. The van der Waals surface area contributed by atoms with Gasteiger partial charge in [-0.05, 0) is 38.1 Å². The lowest BCUT2D eigenvalue weighted by molar-refractivity contribution is 0.0467. The van der Waals surface area contributed by atoms with Crippen molar-refractivity contribution in [1.29, 1.82) is 0 Å². The molecule has 2 atom stereocenters. The third-order valence-corrected chi connectivity index (χ3v) is 3.41. The summed E-state index contributed by atoms with van der Waals surface area (Å²) >= 11 is 5.91. The number of nitrogens with zero attached hydrogens (tertiary/aromatic N) is 2. The predicted molar refractivity (Wildman–Crippen MR) is 79.2 cm³/mol. The number of hydrogen-bond acceptors (Lipinski definition) is 3. The molecule has 1 aromatic heterocycles. The second-order valence-corrected chi connectivity index (χ2v) is 5.39. The lowest BCUT2D eigenvalue weighted by Crippen LogP contribution is -2.31. The number of aliphatic hydroxyl groups is 1. The molecule has 20 heavy (non-hydrogen) atoms. The fourth-order valence-corrected chi connectivity index (χ4v) is 2.25. The maximum atomic E-state index is 10.2. The van der Waals surface area contributed by atoms with Crippen LogP contribution in [0.4, 0.5) is 0 Å². The van der Waals surface area contributed by atoms with Gasteiger partial charge in [0.1, 0.15) is 11.9 Å². The Hall–Kier alpha value is -1.52. The SMILES string of the molecule is Cc1cc(CC(O)C(C)Oc2cccc(Cl)c2)n(C)n1. The summed E-state index contributed by atoms with van der Waals surface area (Å²) in [6.45, 7) is 3.77. The molecule has 2 aromatic rings. The Morgan fingerprint density at radius 3 is 2.75 bits per heavy atom. The van der Waals surface area contributed by atoms with Crippen molar-refractivity contribution in [2.45, 2.75) is 32.5 Å². The number of aryl methyl sites for hydroxylation is 2. The van der Waals surface area contributed by atoms with Crippen molar-refractivity contribution in [3.63, 3.8) is 0 Å². The van der Waals surface area contributed by atoms with Crippen molar-refractivity contribution in [3.05, 3.63) is 46.7 Å². The highest BCUT2D eigenvalue weighted by atomic mass is 35.5. The molecule has 0 spiro atoms. The minimum atomic E-state index is -0.608. The number of rotatable bonds is 5. The zero-order chi connectivity index (χ0) is 14.7. The van der Waals surface area contributed by atoms with E-state index in [-0.39, 0.29) is 6.10 Å². The summed E-state index contributed by atoms with van der Waals surface area (Å²) in [5, 5.41) is 15.1. The molecule has 0 bridgehead atoms. The number of hydrogen-bond donors (Lipinski definition) is 1. The van der Waals surface area contributed by atoms with Gasteiger partial charge in [0.2, 0.25) is 0 Å². The third kappa shape index (κ3) is 3.74. The second kappa shape index (κ2) is 6.29. The summed E-state index contributed by atoms with van der Waals surface area (Å²) in [5.41, 5.74) is 1.93. The zero-order valence-corrected chi connectivity index (χ0v) is 12.6. The van der Waals surface area contributed by atoms with Gasteiger partial charge in [-0.1, -0.05) is 17.7 Å². The average Bonchev–Trinajstić information content (AvgIpc) is 2.67. The van der Waals surface area contributed by atoms with Crippen LogP contribution in [0.1, 0.15) is 18.3 Å². The second-order valence-electron chi connectivity index (χ2n) is 4.95. The van der Waals surface area contributed by atoms with Gasteiger partial charge in [-0.2, -0.15) is 5.10 Å². The number of ether oxygens (including phenoxy) is 1. The van der Waals surface area contributed by atoms with Crippen molar-refractivity contribution < 1.29 is 9.84 Å². The van der Waals surface area contributed by atoms with Crippen molar-refractivity contribution >= 4 is 11.6 Å². The fourth-order valence-electron chi connectivity index (χ4n) is 2.07.